The lowest BCUT2D eigenvalue weighted by Crippen LogP contribution is -2.47. The fourth-order valence-electron chi connectivity index (χ4n) is 4.68. The number of nitrogens with zero attached hydrogens (tertiary/aromatic N) is 1. The highest BCUT2D eigenvalue weighted by Gasteiger charge is 2.50. The Hall–Kier alpha value is -0.200. The summed E-state index contributed by atoms with van der Waals surface area (Å²) in [5.74, 6) is 3.09. The second-order valence-electron chi connectivity index (χ2n) is 5.83. The van der Waals surface area contributed by atoms with Crippen molar-refractivity contribution in [2.45, 2.75) is 38.5 Å². The van der Waals surface area contributed by atoms with Crippen LogP contribution in [0.1, 0.15) is 38.5 Å². The standard InChI is InChI=1S/C12H17NS/c14-8-13-7-12-4-9-1-10(5-12)3-11(2-9)6-12/h9-11H,1-7H2. The number of hydrogen-bond acceptors (Lipinski definition) is 2. The first-order valence-electron chi connectivity index (χ1n) is 5.83. The van der Waals surface area contributed by atoms with Crippen molar-refractivity contribution in [3.8, 4) is 0 Å². The number of aliphatic imine (C=N–C) groups is 1. The van der Waals surface area contributed by atoms with E-state index in [1.165, 1.54) is 38.5 Å². The normalized spacial score (nSPS) is 49.0. The summed E-state index contributed by atoms with van der Waals surface area (Å²) in [5.41, 5.74) is 0.556. The predicted octanol–water partition coefficient (Wildman–Crippen LogP) is 3.31. The van der Waals surface area contributed by atoms with E-state index in [0.717, 1.165) is 24.3 Å². The quantitative estimate of drug-likeness (QED) is 0.500. The van der Waals surface area contributed by atoms with Crippen LogP contribution in [0.5, 0.6) is 0 Å². The van der Waals surface area contributed by atoms with Crippen molar-refractivity contribution in [2.24, 2.45) is 28.2 Å². The van der Waals surface area contributed by atoms with E-state index in [9.17, 15) is 0 Å². The summed E-state index contributed by atoms with van der Waals surface area (Å²) in [6, 6.07) is 0. The Balaban J connectivity index is 1.83. The third kappa shape index (κ3) is 1.36. The molecule has 0 radical (unpaired) electrons. The fourth-order valence-corrected chi connectivity index (χ4v) is 4.75. The van der Waals surface area contributed by atoms with Crippen molar-refractivity contribution in [1.82, 2.24) is 0 Å². The summed E-state index contributed by atoms with van der Waals surface area (Å²) in [5, 5.41) is 2.55. The molecule has 14 heavy (non-hydrogen) atoms. The van der Waals surface area contributed by atoms with Crippen LogP contribution in [0.2, 0.25) is 0 Å². The van der Waals surface area contributed by atoms with E-state index < -0.39 is 0 Å². The first-order valence-corrected chi connectivity index (χ1v) is 6.24. The van der Waals surface area contributed by atoms with Gasteiger partial charge in [-0.3, -0.25) is 0 Å². The minimum absolute atomic E-state index is 0.556. The monoisotopic (exact) mass is 207 g/mol. The van der Waals surface area contributed by atoms with Crippen LogP contribution in [0.4, 0.5) is 0 Å². The molecule has 0 heterocycles. The molecule has 4 fully saturated rings. The zero-order valence-corrected chi connectivity index (χ0v) is 9.35. The van der Waals surface area contributed by atoms with Gasteiger partial charge < -0.3 is 0 Å². The van der Waals surface area contributed by atoms with E-state index in [1.807, 2.05) is 0 Å². The molecule has 0 atom stereocenters. The zero-order chi connectivity index (χ0) is 9.60. The molecule has 0 N–H and O–H groups in total. The molecular weight excluding hydrogens is 190 g/mol. The molecule has 0 aromatic carbocycles. The van der Waals surface area contributed by atoms with Crippen molar-refractivity contribution in [1.29, 1.82) is 0 Å². The van der Waals surface area contributed by atoms with E-state index in [1.54, 1.807) is 0 Å². The third-order valence-corrected chi connectivity index (χ3v) is 4.77. The maximum absolute atomic E-state index is 4.69. The van der Waals surface area contributed by atoms with Gasteiger partial charge in [0.25, 0.3) is 0 Å². The minimum Gasteiger partial charge on any atom is -0.232 e. The zero-order valence-electron chi connectivity index (χ0n) is 8.54. The van der Waals surface area contributed by atoms with E-state index in [-0.39, 0.29) is 0 Å². The number of rotatable bonds is 2. The molecule has 0 aromatic heterocycles. The molecule has 4 bridgehead atoms. The van der Waals surface area contributed by atoms with Gasteiger partial charge in [-0.15, -0.1) is 0 Å². The molecule has 1 nitrogen and oxygen atoms in total. The Bertz CT molecular complexity index is 255. The van der Waals surface area contributed by atoms with Crippen molar-refractivity contribution >= 4 is 17.4 Å². The van der Waals surface area contributed by atoms with Crippen LogP contribution in [0, 0.1) is 23.2 Å². The molecule has 0 amide bonds. The minimum atomic E-state index is 0.556. The molecule has 0 aliphatic heterocycles. The van der Waals surface area contributed by atoms with Crippen molar-refractivity contribution in [3.05, 3.63) is 0 Å². The van der Waals surface area contributed by atoms with E-state index in [2.05, 4.69) is 22.4 Å². The predicted molar refractivity (Wildman–Crippen MR) is 60.5 cm³/mol. The lowest BCUT2D eigenvalue weighted by atomic mass is 9.49. The number of hydrogen-bond donors (Lipinski definition) is 0. The molecule has 4 aliphatic carbocycles. The first-order chi connectivity index (χ1) is 6.80. The van der Waals surface area contributed by atoms with Crippen LogP contribution >= 0.6 is 12.2 Å². The van der Waals surface area contributed by atoms with E-state index >= 15 is 0 Å². The van der Waals surface area contributed by atoms with Gasteiger partial charge in [0.1, 0.15) is 0 Å². The smallest absolute Gasteiger partial charge is 0.0585 e. The van der Waals surface area contributed by atoms with Crippen LogP contribution in [-0.4, -0.2) is 11.7 Å². The third-order valence-electron chi connectivity index (χ3n) is 4.64. The van der Waals surface area contributed by atoms with Crippen molar-refractivity contribution in [3.63, 3.8) is 0 Å². The molecule has 2 heteroatoms. The molecule has 0 saturated heterocycles. The van der Waals surface area contributed by atoms with Crippen LogP contribution in [-0.2, 0) is 0 Å². The lowest BCUT2D eigenvalue weighted by Gasteiger charge is -2.56. The summed E-state index contributed by atoms with van der Waals surface area (Å²) in [7, 11) is 0. The number of isothiocyanates is 1. The molecule has 4 aliphatic rings. The average molecular weight is 207 g/mol. The summed E-state index contributed by atoms with van der Waals surface area (Å²) >= 11 is 4.69. The Morgan fingerprint density at radius 1 is 1.07 bits per heavy atom. The largest absolute Gasteiger partial charge is 0.232 e. The second kappa shape index (κ2) is 3.15. The van der Waals surface area contributed by atoms with Gasteiger partial charge in [0.05, 0.1) is 11.7 Å². The van der Waals surface area contributed by atoms with Crippen molar-refractivity contribution < 1.29 is 0 Å². The summed E-state index contributed by atoms with van der Waals surface area (Å²) in [4.78, 5) is 4.23. The van der Waals surface area contributed by atoms with Crippen LogP contribution < -0.4 is 0 Å². The second-order valence-corrected chi connectivity index (χ2v) is 6.01. The maximum atomic E-state index is 4.69. The van der Waals surface area contributed by atoms with Crippen LogP contribution in [0.25, 0.3) is 0 Å². The highest BCUT2D eigenvalue weighted by atomic mass is 32.1. The molecule has 0 spiro atoms. The van der Waals surface area contributed by atoms with E-state index in [4.69, 9.17) is 0 Å². The van der Waals surface area contributed by atoms with Gasteiger partial charge in [-0.2, -0.15) is 0 Å². The van der Waals surface area contributed by atoms with Gasteiger partial charge in [-0.25, -0.2) is 4.99 Å². The molecular formula is C12H17NS. The molecule has 0 aromatic rings. The lowest BCUT2D eigenvalue weighted by molar-refractivity contribution is -0.0463. The number of thiocarbonyl (C=S) groups is 1. The van der Waals surface area contributed by atoms with Crippen LogP contribution in [0.3, 0.4) is 0 Å². The van der Waals surface area contributed by atoms with Gasteiger partial charge in [0.15, 0.2) is 0 Å². The molecule has 0 unspecified atom stereocenters. The highest BCUT2D eigenvalue weighted by molar-refractivity contribution is 7.78. The highest BCUT2D eigenvalue weighted by Crippen LogP contribution is 2.59. The molecule has 4 saturated carbocycles. The van der Waals surface area contributed by atoms with E-state index in [0.29, 0.717) is 5.41 Å². The van der Waals surface area contributed by atoms with Gasteiger partial charge in [0.2, 0.25) is 0 Å². The topological polar surface area (TPSA) is 12.4 Å². The maximum Gasteiger partial charge on any atom is 0.0585 e. The summed E-state index contributed by atoms with van der Waals surface area (Å²) < 4.78 is 0. The Morgan fingerprint density at radius 3 is 2.00 bits per heavy atom. The van der Waals surface area contributed by atoms with Crippen LogP contribution in [0.15, 0.2) is 4.99 Å². The van der Waals surface area contributed by atoms with Gasteiger partial charge in [0, 0.05) is 0 Å². The van der Waals surface area contributed by atoms with Gasteiger partial charge in [-0.1, -0.05) is 0 Å². The summed E-state index contributed by atoms with van der Waals surface area (Å²) in [6.07, 6.45) is 8.83. The van der Waals surface area contributed by atoms with Gasteiger partial charge >= 0.3 is 0 Å². The van der Waals surface area contributed by atoms with Crippen molar-refractivity contribution in [2.75, 3.05) is 6.54 Å². The van der Waals surface area contributed by atoms with Gasteiger partial charge in [-0.05, 0) is 73.9 Å². The summed E-state index contributed by atoms with van der Waals surface area (Å²) in [6.45, 7) is 0.972. The Kier molecular flexibility index (Phi) is 2.04. The Labute approximate surface area is 91.0 Å². The first kappa shape index (κ1) is 9.06. The average Bonchev–Trinajstić information content (AvgIpc) is 2.12. The Morgan fingerprint density at radius 2 is 1.57 bits per heavy atom. The fraction of sp³-hybridized carbons (Fsp3) is 0.917. The SMILES string of the molecule is S=C=NCC12CC3CC(CC(C3)C1)C2. The molecule has 76 valence electrons. The molecule has 4 rings (SSSR count).